The molecule has 120 valence electrons. The van der Waals surface area contributed by atoms with Crippen LogP contribution >= 0.6 is 11.3 Å². The summed E-state index contributed by atoms with van der Waals surface area (Å²) in [5.41, 5.74) is 1.83. The molecular formula is C18H15N3O2S. The molecule has 0 aliphatic rings. The van der Waals surface area contributed by atoms with Crippen LogP contribution in [0.1, 0.15) is 15.4 Å². The fourth-order valence-electron chi connectivity index (χ4n) is 2.98. The van der Waals surface area contributed by atoms with E-state index >= 15 is 0 Å². The number of aryl methyl sites for hydroxylation is 1. The summed E-state index contributed by atoms with van der Waals surface area (Å²) in [6.45, 7) is 0.481. The van der Waals surface area contributed by atoms with Crippen LogP contribution in [-0.4, -0.2) is 15.5 Å². The molecule has 6 heteroatoms. The zero-order valence-electron chi connectivity index (χ0n) is 13.0. The van der Waals surface area contributed by atoms with Crippen LogP contribution in [0.3, 0.4) is 0 Å². The number of rotatable bonds is 3. The van der Waals surface area contributed by atoms with Crippen molar-refractivity contribution < 1.29 is 4.79 Å². The topological polar surface area (TPSA) is 66.9 Å². The van der Waals surface area contributed by atoms with Crippen molar-refractivity contribution in [2.45, 2.75) is 6.54 Å². The van der Waals surface area contributed by atoms with Gasteiger partial charge in [-0.2, -0.15) is 0 Å². The van der Waals surface area contributed by atoms with Gasteiger partial charge in [0.05, 0.1) is 23.0 Å². The van der Waals surface area contributed by atoms with E-state index < -0.39 is 0 Å². The number of hydrogen-bond donors (Lipinski definition) is 2. The maximum absolute atomic E-state index is 12.5. The molecule has 0 bridgehead atoms. The van der Waals surface area contributed by atoms with E-state index in [-0.39, 0.29) is 11.5 Å². The minimum atomic E-state index is -0.189. The number of pyridine rings is 1. The fourth-order valence-corrected chi connectivity index (χ4v) is 3.62. The third-order valence-corrected chi connectivity index (χ3v) is 5.02. The molecule has 0 saturated heterocycles. The lowest BCUT2D eigenvalue weighted by Crippen LogP contribution is -2.24. The van der Waals surface area contributed by atoms with Gasteiger partial charge in [-0.25, -0.2) is 0 Å². The van der Waals surface area contributed by atoms with E-state index in [2.05, 4.69) is 10.3 Å². The van der Waals surface area contributed by atoms with Crippen LogP contribution in [0.15, 0.2) is 52.6 Å². The summed E-state index contributed by atoms with van der Waals surface area (Å²) in [4.78, 5) is 28.8. The number of carbonyl (C=O) groups excluding carboxylic acids is 1. The molecule has 2 N–H and O–H groups in total. The van der Waals surface area contributed by atoms with Crippen LogP contribution in [0, 0.1) is 0 Å². The fraction of sp³-hybridized carbons (Fsp3) is 0.111. The van der Waals surface area contributed by atoms with Crippen LogP contribution in [0.2, 0.25) is 0 Å². The molecule has 3 aromatic heterocycles. The third kappa shape index (κ3) is 2.32. The summed E-state index contributed by atoms with van der Waals surface area (Å²) in [6.07, 6.45) is 0. The molecule has 4 aromatic rings. The Morgan fingerprint density at radius 1 is 1.21 bits per heavy atom. The van der Waals surface area contributed by atoms with Gasteiger partial charge in [0.25, 0.3) is 11.5 Å². The van der Waals surface area contributed by atoms with Crippen molar-refractivity contribution in [2.75, 3.05) is 0 Å². The number of aromatic amines is 1. The highest BCUT2D eigenvalue weighted by molar-refractivity contribution is 7.09. The van der Waals surface area contributed by atoms with Gasteiger partial charge in [-0.1, -0.05) is 24.3 Å². The minimum Gasteiger partial charge on any atom is -0.346 e. The van der Waals surface area contributed by atoms with E-state index in [1.54, 1.807) is 22.0 Å². The molecule has 0 radical (unpaired) electrons. The average molecular weight is 337 g/mol. The molecule has 0 spiro atoms. The molecule has 24 heavy (non-hydrogen) atoms. The lowest BCUT2D eigenvalue weighted by atomic mass is 10.1. The molecule has 1 aromatic carbocycles. The van der Waals surface area contributed by atoms with Gasteiger partial charge < -0.3 is 14.9 Å². The van der Waals surface area contributed by atoms with Crippen LogP contribution in [0.25, 0.3) is 21.8 Å². The summed E-state index contributed by atoms with van der Waals surface area (Å²) < 4.78 is 1.79. The Balaban J connectivity index is 1.80. The van der Waals surface area contributed by atoms with Crippen molar-refractivity contribution in [3.05, 3.63) is 68.8 Å². The highest BCUT2D eigenvalue weighted by Gasteiger charge is 2.17. The van der Waals surface area contributed by atoms with Gasteiger partial charge in [0, 0.05) is 17.3 Å². The maximum Gasteiger partial charge on any atom is 0.268 e. The van der Waals surface area contributed by atoms with E-state index in [4.69, 9.17) is 0 Å². The number of thiophene rings is 1. The Kier molecular flexibility index (Phi) is 3.46. The van der Waals surface area contributed by atoms with Crippen LogP contribution in [-0.2, 0) is 13.6 Å². The quantitative estimate of drug-likeness (QED) is 0.603. The van der Waals surface area contributed by atoms with Gasteiger partial charge in [-0.05, 0) is 23.6 Å². The molecule has 3 heterocycles. The zero-order valence-corrected chi connectivity index (χ0v) is 13.8. The lowest BCUT2D eigenvalue weighted by molar-refractivity contribution is 0.0943. The number of nitrogens with one attached hydrogen (secondary N) is 2. The first-order valence-corrected chi connectivity index (χ1v) is 8.44. The van der Waals surface area contributed by atoms with E-state index in [0.717, 1.165) is 21.3 Å². The van der Waals surface area contributed by atoms with Gasteiger partial charge in [-0.3, -0.25) is 9.59 Å². The Labute approximate surface area is 141 Å². The van der Waals surface area contributed by atoms with E-state index in [1.165, 1.54) is 0 Å². The molecule has 4 rings (SSSR count). The second-order valence-corrected chi connectivity index (χ2v) is 6.64. The Hall–Kier alpha value is -2.86. The summed E-state index contributed by atoms with van der Waals surface area (Å²) in [7, 11) is 1.81. The van der Waals surface area contributed by atoms with Crippen molar-refractivity contribution in [1.82, 2.24) is 14.9 Å². The first-order chi connectivity index (χ1) is 11.6. The monoisotopic (exact) mass is 337 g/mol. The predicted molar refractivity (Wildman–Crippen MR) is 96.5 cm³/mol. The highest BCUT2D eigenvalue weighted by atomic mass is 32.1. The van der Waals surface area contributed by atoms with Gasteiger partial charge >= 0.3 is 0 Å². The van der Waals surface area contributed by atoms with Crippen LogP contribution in [0.4, 0.5) is 0 Å². The van der Waals surface area contributed by atoms with Crippen molar-refractivity contribution >= 4 is 39.0 Å². The number of aromatic nitrogens is 2. The molecule has 0 aliphatic heterocycles. The maximum atomic E-state index is 12.5. The predicted octanol–water partition coefficient (Wildman–Crippen LogP) is 3.01. The number of benzene rings is 1. The summed E-state index contributed by atoms with van der Waals surface area (Å²) in [5, 5.41) is 6.33. The highest BCUT2D eigenvalue weighted by Crippen LogP contribution is 2.23. The van der Waals surface area contributed by atoms with Gasteiger partial charge in [0.1, 0.15) is 5.69 Å². The van der Waals surface area contributed by atoms with Gasteiger partial charge in [-0.15, -0.1) is 11.3 Å². The van der Waals surface area contributed by atoms with E-state index in [0.29, 0.717) is 17.6 Å². The number of H-pyrrole nitrogens is 1. The first kappa shape index (κ1) is 14.7. The number of para-hydroxylation sites is 1. The number of hydrogen-bond acceptors (Lipinski definition) is 3. The van der Waals surface area contributed by atoms with E-state index in [9.17, 15) is 9.59 Å². The van der Waals surface area contributed by atoms with Gasteiger partial charge in [0.15, 0.2) is 0 Å². The average Bonchev–Trinajstić information content (AvgIpc) is 3.21. The number of fused-ring (bicyclic) bond motifs is 3. The molecule has 0 saturated carbocycles. The molecule has 0 aliphatic carbocycles. The van der Waals surface area contributed by atoms with Crippen molar-refractivity contribution in [1.29, 1.82) is 0 Å². The van der Waals surface area contributed by atoms with Crippen molar-refractivity contribution in [3.63, 3.8) is 0 Å². The summed E-state index contributed by atoms with van der Waals surface area (Å²) in [5.74, 6) is -0.189. The molecular weight excluding hydrogens is 322 g/mol. The summed E-state index contributed by atoms with van der Waals surface area (Å²) in [6, 6.07) is 13.2. The molecule has 0 atom stereocenters. The summed E-state index contributed by atoms with van der Waals surface area (Å²) >= 11 is 1.60. The second kappa shape index (κ2) is 5.65. The van der Waals surface area contributed by atoms with Crippen molar-refractivity contribution in [3.8, 4) is 0 Å². The second-order valence-electron chi connectivity index (χ2n) is 5.61. The van der Waals surface area contributed by atoms with Crippen LogP contribution < -0.4 is 10.9 Å². The van der Waals surface area contributed by atoms with Crippen molar-refractivity contribution in [2.24, 2.45) is 7.05 Å². The molecule has 5 nitrogen and oxygen atoms in total. The number of carbonyl (C=O) groups is 1. The Morgan fingerprint density at radius 3 is 2.83 bits per heavy atom. The third-order valence-electron chi connectivity index (χ3n) is 4.14. The van der Waals surface area contributed by atoms with Crippen LogP contribution in [0.5, 0.6) is 0 Å². The first-order valence-electron chi connectivity index (χ1n) is 7.56. The Bertz CT molecular complexity index is 1110. The largest absolute Gasteiger partial charge is 0.346 e. The van der Waals surface area contributed by atoms with Gasteiger partial charge in [0.2, 0.25) is 0 Å². The standard InChI is InChI=1S/C18H15N3O2S/c1-21-15(18(23)19-10-11-5-4-8-24-11)9-13-16(21)12-6-2-3-7-14(12)20-17(13)22/h2-9H,10H2,1H3,(H,19,23)(H,20,22). The Morgan fingerprint density at radius 2 is 2.04 bits per heavy atom. The number of nitrogens with zero attached hydrogens (tertiary/aromatic N) is 1. The minimum absolute atomic E-state index is 0.184. The normalized spacial score (nSPS) is 11.2. The number of amides is 1. The smallest absolute Gasteiger partial charge is 0.268 e. The molecule has 0 unspecified atom stereocenters. The molecule has 1 amide bonds. The van der Waals surface area contributed by atoms with E-state index in [1.807, 2.05) is 48.8 Å². The SMILES string of the molecule is Cn1c(C(=O)NCc2cccs2)cc2c(=O)[nH]c3ccccc3c21. The zero-order chi connectivity index (χ0) is 16.7. The molecule has 0 fully saturated rings. The lowest BCUT2D eigenvalue weighted by Gasteiger charge is -2.07.